The minimum Gasteiger partial charge on any atom is -0.457 e. The second kappa shape index (κ2) is 8.79. The molecule has 0 saturated heterocycles. The lowest BCUT2D eigenvalue weighted by molar-refractivity contribution is -0.145. The second-order valence-electron chi connectivity index (χ2n) is 5.55. The molecule has 7 heteroatoms. The number of ketones is 1. The van der Waals surface area contributed by atoms with Crippen LogP contribution in [-0.4, -0.2) is 29.1 Å². The van der Waals surface area contributed by atoms with Crippen molar-refractivity contribution in [2.75, 3.05) is 12.4 Å². The molecule has 1 unspecified atom stereocenters. The number of thiazole rings is 1. The molecule has 0 bridgehead atoms. The van der Waals surface area contributed by atoms with Crippen molar-refractivity contribution in [3.8, 4) is 6.07 Å². The maximum Gasteiger partial charge on any atom is 0.316 e. The zero-order valence-corrected chi connectivity index (χ0v) is 15.9. The number of thioether (sulfide) groups is 1. The first kappa shape index (κ1) is 19.2. The quantitative estimate of drug-likeness (QED) is 0.544. The molecule has 25 heavy (non-hydrogen) atoms. The van der Waals surface area contributed by atoms with Gasteiger partial charge in [0.1, 0.15) is 5.01 Å². The van der Waals surface area contributed by atoms with Crippen LogP contribution in [-0.2, 0) is 14.3 Å². The van der Waals surface area contributed by atoms with Gasteiger partial charge in [0.05, 0.1) is 11.8 Å². The van der Waals surface area contributed by atoms with Crippen LogP contribution >= 0.6 is 23.1 Å². The summed E-state index contributed by atoms with van der Waals surface area (Å²) in [5, 5.41) is 11.4. The molecule has 2 rings (SSSR count). The van der Waals surface area contributed by atoms with E-state index in [1.54, 1.807) is 12.3 Å². The minimum atomic E-state index is -0.987. The lowest BCUT2D eigenvalue weighted by atomic mass is 10.1. The SMILES string of the molecule is Cc1csc(C(C#N)C(=O)COC(=O)CSc2ccc(C)c(C)c2)n1. The molecule has 0 radical (unpaired) electrons. The highest BCUT2D eigenvalue weighted by Crippen LogP contribution is 2.22. The highest BCUT2D eigenvalue weighted by atomic mass is 32.2. The average Bonchev–Trinajstić information content (AvgIpc) is 3.00. The van der Waals surface area contributed by atoms with Gasteiger partial charge in [-0.25, -0.2) is 4.98 Å². The summed E-state index contributed by atoms with van der Waals surface area (Å²) in [5.74, 6) is -1.81. The second-order valence-corrected chi connectivity index (χ2v) is 7.49. The number of esters is 1. The summed E-state index contributed by atoms with van der Waals surface area (Å²) in [6.07, 6.45) is 0. The summed E-state index contributed by atoms with van der Waals surface area (Å²) >= 11 is 2.61. The minimum absolute atomic E-state index is 0.114. The molecular weight excluding hydrogens is 356 g/mol. The molecule has 0 spiro atoms. The van der Waals surface area contributed by atoms with Crippen LogP contribution in [0.15, 0.2) is 28.5 Å². The van der Waals surface area contributed by atoms with Crippen molar-refractivity contribution in [1.82, 2.24) is 4.98 Å². The van der Waals surface area contributed by atoms with Gasteiger partial charge in [0.2, 0.25) is 0 Å². The van der Waals surface area contributed by atoms with Crippen LogP contribution in [0.1, 0.15) is 27.7 Å². The van der Waals surface area contributed by atoms with E-state index < -0.39 is 24.3 Å². The van der Waals surface area contributed by atoms with E-state index in [0.29, 0.717) is 5.01 Å². The van der Waals surface area contributed by atoms with E-state index in [4.69, 9.17) is 4.74 Å². The number of hydrogen-bond donors (Lipinski definition) is 0. The van der Waals surface area contributed by atoms with Crippen LogP contribution in [0.5, 0.6) is 0 Å². The first-order valence-corrected chi connectivity index (χ1v) is 9.47. The zero-order valence-electron chi connectivity index (χ0n) is 14.2. The van der Waals surface area contributed by atoms with Gasteiger partial charge in [0.25, 0.3) is 0 Å². The maximum atomic E-state index is 12.1. The monoisotopic (exact) mass is 374 g/mol. The number of nitrogens with zero attached hydrogens (tertiary/aromatic N) is 2. The predicted octanol–water partition coefficient (Wildman–Crippen LogP) is 3.58. The Labute approximate surface area is 155 Å². The molecule has 5 nitrogen and oxygen atoms in total. The van der Waals surface area contributed by atoms with Crippen molar-refractivity contribution in [3.63, 3.8) is 0 Å². The van der Waals surface area contributed by atoms with Crippen LogP contribution in [0, 0.1) is 32.1 Å². The summed E-state index contributed by atoms with van der Waals surface area (Å²) in [4.78, 5) is 29.1. The number of hydrogen-bond acceptors (Lipinski definition) is 7. The Hall–Kier alpha value is -2.17. The Bertz CT molecular complexity index is 824. The summed E-state index contributed by atoms with van der Waals surface area (Å²) < 4.78 is 5.01. The van der Waals surface area contributed by atoms with E-state index >= 15 is 0 Å². The van der Waals surface area contributed by atoms with Gasteiger partial charge in [-0.1, -0.05) is 6.07 Å². The Kier molecular flexibility index (Phi) is 6.73. The number of rotatable bonds is 7. The van der Waals surface area contributed by atoms with E-state index in [2.05, 4.69) is 4.98 Å². The van der Waals surface area contributed by atoms with Gasteiger partial charge in [0.15, 0.2) is 18.3 Å². The Morgan fingerprint density at radius 3 is 2.68 bits per heavy atom. The third-order valence-electron chi connectivity index (χ3n) is 3.55. The number of ether oxygens (including phenoxy) is 1. The number of carbonyl (C=O) groups is 2. The standard InChI is InChI=1S/C18H18N2O3S2/c1-11-4-5-14(6-12(11)2)24-10-17(22)23-8-16(21)15(7-19)18-20-13(3)9-25-18/h4-6,9,15H,8,10H2,1-3H3. The van der Waals surface area contributed by atoms with Crippen molar-refractivity contribution < 1.29 is 14.3 Å². The molecule has 1 heterocycles. The third kappa shape index (κ3) is 5.41. The van der Waals surface area contributed by atoms with E-state index in [1.165, 1.54) is 28.7 Å². The van der Waals surface area contributed by atoms with Gasteiger partial charge in [-0.15, -0.1) is 23.1 Å². The maximum absolute atomic E-state index is 12.1. The summed E-state index contributed by atoms with van der Waals surface area (Å²) in [6.45, 7) is 5.42. The van der Waals surface area contributed by atoms with Crippen molar-refractivity contribution >= 4 is 34.9 Å². The van der Waals surface area contributed by atoms with Crippen LogP contribution in [0.4, 0.5) is 0 Å². The van der Waals surface area contributed by atoms with E-state index in [0.717, 1.165) is 16.2 Å². The lowest BCUT2D eigenvalue weighted by Crippen LogP contribution is -2.20. The van der Waals surface area contributed by atoms with Crippen LogP contribution < -0.4 is 0 Å². The van der Waals surface area contributed by atoms with Gasteiger partial charge in [-0.05, 0) is 44.0 Å². The molecule has 2 aromatic rings. The number of carbonyl (C=O) groups excluding carboxylic acids is 2. The zero-order chi connectivity index (χ0) is 18.4. The Morgan fingerprint density at radius 2 is 2.08 bits per heavy atom. The Morgan fingerprint density at radius 1 is 1.32 bits per heavy atom. The molecule has 0 amide bonds. The fraction of sp³-hybridized carbons (Fsp3) is 0.333. The third-order valence-corrected chi connectivity index (χ3v) is 5.54. The van der Waals surface area contributed by atoms with E-state index in [1.807, 2.05) is 38.1 Å². The summed E-state index contributed by atoms with van der Waals surface area (Å²) in [5.41, 5.74) is 3.11. The average molecular weight is 374 g/mol. The van der Waals surface area contributed by atoms with Gasteiger partial charge in [0, 0.05) is 16.0 Å². The molecule has 0 N–H and O–H groups in total. The molecule has 0 saturated carbocycles. The normalized spacial score (nSPS) is 11.6. The van der Waals surface area contributed by atoms with Crippen LogP contribution in [0.25, 0.3) is 0 Å². The highest BCUT2D eigenvalue weighted by molar-refractivity contribution is 8.00. The smallest absolute Gasteiger partial charge is 0.316 e. The van der Waals surface area contributed by atoms with Crippen LogP contribution in [0.2, 0.25) is 0 Å². The van der Waals surface area contributed by atoms with Gasteiger partial charge >= 0.3 is 5.97 Å². The molecule has 1 aromatic carbocycles. The molecule has 1 aromatic heterocycles. The van der Waals surface area contributed by atoms with Crippen molar-refractivity contribution in [1.29, 1.82) is 5.26 Å². The largest absolute Gasteiger partial charge is 0.457 e. The summed E-state index contributed by atoms with van der Waals surface area (Å²) in [6, 6.07) is 7.88. The molecule has 0 aliphatic heterocycles. The van der Waals surface area contributed by atoms with Crippen molar-refractivity contribution in [2.24, 2.45) is 0 Å². The van der Waals surface area contributed by atoms with Gasteiger partial charge in [-0.2, -0.15) is 5.26 Å². The van der Waals surface area contributed by atoms with Gasteiger partial charge < -0.3 is 4.74 Å². The van der Waals surface area contributed by atoms with Gasteiger partial charge in [-0.3, -0.25) is 9.59 Å². The van der Waals surface area contributed by atoms with E-state index in [-0.39, 0.29) is 5.75 Å². The van der Waals surface area contributed by atoms with Crippen molar-refractivity contribution in [2.45, 2.75) is 31.6 Å². The molecule has 0 aliphatic carbocycles. The number of benzene rings is 1. The van der Waals surface area contributed by atoms with Crippen molar-refractivity contribution in [3.05, 3.63) is 45.4 Å². The first-order chi connectivity index (χ1) is 11.9. The van der Waals surface area contributed by atoms with E-state index in [9.17, 15) is 14.9 Å². The molecular formula is C18H18N2O3S2. The van der Waals surface area contributed by atoms with Crippen LogP contribution in [0.3, 0.4) is 0 Å². The fourth-order valence-electron chi connectivity index (χ4n) is 1.99. The molecule has 130 valence electrons. The Balaban J connectivity index is 1.83. The topological polar surface area (TPSA) is 80.0 Å². The number of aryl methyl sites for hydroxylation is 3. The first-order valence-electron chi connectivity index (χ1n) is 7.60. The summed E-state index contributed by atoms with van der Waals surface area (Å²) in [7, 11) is 0. The number of Topliss-reactive ketones (excluding diaryl/α,β-unsaturated/α-hetero) is 1. The molecule has 0 aliphatic rings. The lowest BCUT2D eigenvalue weighted by Gasteiger charge is -2.07. The molecule has 1 atom stereocenters. The molecule has 0 fully saturated rings. The highest BCUT2D eigenvalue weighted by Gasteiger charge is 2.24. The number of aromatic nitrogens is 1. The predicted molar refractivity (Wildman–Crippen MR) is 97.8 cm³/mol. The number of nitriles is 1. The fourth-order valence-corrected chi connectivity index (χ4v) is 3.65.